The van der Waals surface area contributed by atoms with Crippen molar-refractivity contribution in [3.05, 3.63) is 30.1 Å². The van der Waals surface area contributed by atoms with Gasteiger partial charge in [-0.2, -0.15) is 0 Å². The summed E-state index contributed by atoms with van der Waals surface area (Å²) in [5.74, 6) is 0. The smallest absolute Gasteiger partial charge is 0.167 e. The molecule has 0 aromatic carbocycles. The molecule has 0 saturated heterocycles. The standard InChI is InChI=1S/C8H10N2O/c1-7(10-11-2)8-3-5-9-6-4-8/h3-6H,1-2H3/p+1/b10-7+. The number of rotatable bonds is 2. The Labute approximate surface area is 65.7 Å². The first-order valence-corrected chi connectivity index (χ1v) is 3.39. The zero-order chi connectivity index (χ0) is 8.10. The fourth-order valence-electron chi connectivity index (χ4n) is 0.818. The molecule has 3 heteroatoms. The number of hydrogen-bond acceptors (Lipinski definition) is 2. The van der Waals surface area contributed by atoms with Gasteiger partial charge < -0.3 is 4.84 Å². The van der Waals surface area contributed by atoms with Gasteiger partial charge in [0.1, 0.15) is 7.11 Å². The quantitative estimate of drug-likeness (QED) is 0.456. The average Bonchev–Trinajstić information content (AvgIpc) is 2.07. The Balaban J connectivity index is 2.85. The summed E-state index contributed by atoms with van der Waals surface area (Å²) in [6.45, 7) is 1.90. The SMILES string of the molecule is CO/N=C(\C)c1cc[nH+]cc1. The van der Waals surface area contributed by atoms with Crippen molar-refractivity contribution in [2.24, 2.45) is 5.16 Å². The van der Waals surface area contributed by atoms with Crippen LogP contribution in [0.2, 0.25) is 0 Å². The van der Waals surface area contributed by atoms with Crippen LogP contribution in [-0.4, -0.2) is 12.8 Å². The molecule has 0 bridgehead atoms. The predicted molar refractivity (Wildman–Crippen MR) is 42.2 cm³/mol. The second-order valence-electron chi connectivity index (χ2n) is 2.15. The number of aromatic amines is 1. The van der Waals surface area contributed by atoms with Gasteiger partial charge in [0.25, 0.3) is 0 Å². The third kappa shape index (κ3) is 2.04. The fourth-order valence-corrected chi connectivity index (χ4v) is 0.818. The van der Waals surface area contributed by atoms with Crippen LogP contribution >= 0.6 is 0 Å². The first kappa shape index (κ1) is 7.72. The third-order valence-corrected chi connectivity index (χ3v) is 1.36. The number of pyridine rings is 1. The molecule has 1 aromatic rings. The molecule has 58 valence electrons. The minimum absolute atomic E-state index is 0.876. The molecule has 0 amide bonds. The molecule has 1 N–H and O–H groups in total. The second-order valence-corrected chi connectivity index (χ2v) is 2.15. The van der Waals surface area contributed by atoms with Gasteiger partial charge in [0.2, 0.25) is 0 Å². The van der Waals surface area contributed by atoms with E-state index in [1.165, 1.54) is 0 Å². The van der Waals surface area contributed by atoms with E-state index in [1.807, 2.05) is 31.5 Å². The van der Waals surface area contributed by atoms with Gasteiger partial charge in [-0.1, -0.05) is 5.16 Å². The normalized spacial score (nSPS) is 11.3. The lowest BCUT2D eigenvalue weighted by Gasteiger charge is -1.94. The maximum atomic E-state index is 4.64. The molecular weight excluding hydrogens is 140 g/mol. The summed E-state index contributed by atoms with van der Waals surface area (Å²) in [5.41, 5.74) is 1.94. The molecular formula is C8H11N2O+. The van der Waals surface area contributed by atoms with Crippen molar-refractivity contribution in [2.45, 2.75) is 6.92 Å². The van der Waals surface area contributed by atoms with Gasteiger partial charge in [-0.15, -0.1) is 0 Å². The van der Waals surface area contributed by atoms with Crippen LogP contribution in [0.4, 0.5) is 0 Å². The monoisotopic (exact) mass is 151 g/mol. The van der Waals surface area contributed by atoms with E-state index in [0.717, 1.165) is 11.3 Å². The number of nitrogens with zero attached hydrogens (tertiary/aromatic N) is 1. The Morgan fingerprint density at radius 1 is 1.45 bits per heavy atom. The van der Waals surface area contributed by atoms with E-state index in [2.05, 4.69) is 15.0 Å². The molecule has 0 radical (unpaired) electrons. The summed E-state index contributed by atoms with van der Waals surface area (Å²) >= 11 is 0. The Kier molecular flexibility index (Phi) is 2.60. The van der Waals surface area contributed by atoms with Crippen molar-refractivity contribution in [3.63, 3.8) is 0 Å². The zero-order valence-electron chi connectivity index (χ0n) is 6.66. The molecule has 0 aliphatic carbocycles. The van der Waals surface area contributed by atoms with Crippen LogP contribution in [0, 0.1) is 0 Å². The third-order valence-electron chi connectivity index (χ3n) is 1.36. The second kappa shape index (κ2) is 3.71. The molecule has 0 aliphatic rings. The van der Waals surface area contributed by atoms with E-state index in [0.29, 0.717) is 0 Å². The highest BCUT2D eigenvalue weighted by Gasteiger charge is 1.96. The van der Waals surface area contributed by atoms with Gasteiger partial charge >= 0.3 is 0 Å². The number of nitrogens with one attached hydrogen (secondary N) is 1. The summed E-state index contributed by atoms with van der Waals surface area (Å²) in [6, 6.07) is 3.88. The van der Waals surface area contributed by atoms with Gasteiger partial charge in [-0.3, -0.25) is 0 Å². The van der Waals surface area contributed by atoms with E-state index < -0.39 is 0 Å². The predicted octanol–water partition coefficient (Wildman–Crippen LogP) is 0.871. The van der Waals surface area contributed by atoms with Gasteiger partial charge in [0.15, 0.2) is 12.4 Å². The maximum absolute atomic E-state index is 4.64. The van der Waals surface area contributed by atoms with Crippen LogP contribution in [0.5, 0.6) is 0 Å². The minimum Gasteiger partial charge on any atom is -0.399 e. The van der Waals surface area contributed by atoms with E-state index in [-0.39, 0.29) is 0 Å². The number of hydrogen-bond donors (Lipinski definition) is 0. The van der Waals surface area contributed by atoms with Gasteiger partial charge in [-0.25, -0.2) is 4.98 Å². The molecule has 1 aromatic heterocycles. The van der Waals surface area contributed by atoms with Crippen LogP contribution in [0.3, 0.4) is 0 Å². The molecule has 0 atom stereocenters. The van der Waals surface area contributed by atoms with Crippen molar-refractivity contribution in [2.75, 3.05) is 7.11 Å². The van der Waals surface area contributed by atoms with Gasteiger partial charge in [0, 0.05) is 17.7 Å². The van der Waals surface area contributed by atoms with Crippen LogP contribution in [-0.2, 0) is 4.84 Å². The lowest BCUT2D eigenvalue weighted by atomic mass is 10.2. The number of oxime groups is 1. The topological polar surface area (TPSA) is 35.7 Å². The molecule has 1 rings (SSSR count). The molecule has 0 spiro atoms. The van der Waals surface area contributed by atoms with E-state index in [4.69, 9.17) is 0 Å². The Bertz CT molecular complexity index is 244. The van der Waals surface area contributed by atoms with Crippen molar-refractivity contribution < 1.29 is 9.82 Å². The largest absolute Gasteiger partial charge is 0.399 e. The molecule has 0 saturated carbocycles. The van der Waals surface area contributed by atoms with Crippen molar-refractivity contribution >= 4 is 5.71 Å². The summed E-state index contributed by atoms with van der Waals surface area (Å²) < 4.78 is 0. The molecule has 0 fully saturated rings. The first-order valence-electron chi connectivity index (χ1n) is 3.39. The lowest BCUT2D eigenvalue weighted by Crippen LogP contribution is -2.02. The van der Waals surface area contributed by atoms with E-state index >= 15 is 0 Å². The summed E-state index contributed by atoms with van der Waals surface area (Å²) in [5, 5.41) is 3.80. The summed E-state index contributed by atoms with van der Waals surface area (Å²) in [6.07, 6.45) is 3.70. The highest BCUT2D eigenvalue weighted by Crippen LogP contribution is 1.96. The highest BCUT2D eigenvalue weighted by atomic mass is 16.6. The molecule has 0 unspecified atom stereocenters. The zero-order valence-corrected chi connectivity index (χ0v) is 6.66. The van der Waals surface area contributed by atoms with E-state index in [9.17, 15) is 0 Å². The fraction of sp³-hybridized carbons (Fsp3) is 0.250. The maximum Gasteiger partial charge on any atom is 0.167 e. The molecule has 3 nitrogen and oxygen atoms in total. The van der Waals surface area contributed by atoms with Crippen LogP contribution in [0.1, 0.15) is 12.5 Å². The Morgan fingerprint density at radius 2 is 2.09 bits per heavy atom. The Hall–Kier alpha value is -1.38. The van der Waals surface area contributed by atoms with Crippen LogP contribution < -0.4 is 4.98 Å². The molecule has 0 aliphatic heterocycles. The van der Waals surface area contributed by atoms with Crippen LogP contribution in [0.25, 0.3) is 0 Å². The number of H-pyrrole nitrogens is 1. The van der Waals surface area contributed by atoms with Crippen molar-refractivity contribution in [3.8, 4) is 0 Å². The van der Waals surface area contributed by atoms with Crippen LogP contribution in [0.15, 0.2) is 29.7 Å². The summed E-state index contributed by atoms with van der Waals surface area (Å²) in [4.78, 5) is 7.57. The van der Waals surface area contributed by atoms with Gasteiger partial charge in [0.05, 0.1) is 5.71 Å². The van der Waals surface area contributed by atoms with Crippen molar-refractivity contribution in [1.29, 1.82) is 0 Å². The highest BCUT2D eigenvalue weighted by molar-refractivity contribution is 5.97. The van der Waals surface area contributed by atoms with Crippen molar-refractivity contribution in [1.82, 2.24) is 0 Å². The molecule has 1 heterocycles. The summed E-state index contributed by atoms with van der Waals surface area (Å²) in [7, 11) is 1.54. The van der Waals surface area contributed by atoms with Gasteiger partial charge in [-0.05, 0) is 6.92 Å². The first-order chi connectivity index (χ1) is 5.34. The molecule has 11 heavy (non-hydrogen) atoms. The lowest BCUT2D eigenvalue weighted by molar-refractivity contribution is -0.378. The number of aromatic nitrogens is 1. The average molecular weight is 151 g/mol. The van der Waals surface area contributed by atoms with E-state index in [1.54, 1.807) is 7.11 Å². The minimum atomic E-state index is 0.876. The Morgan fingerprint density at radius 3 is 2.64 bits per heavy atom.